The summed E-state index contributed by atoms with van der Waals surface area (Å²) in [6, 6.07) is 20.3. The van der Waals surface area contributed by atoms with Crippen LogP contribution in [0.25, 0.3) is 10.8 Å². The van der Waals surface area contributed by atoms with Gasteiger partial charge in [0.2, 0.25) is 5.13 Å². The molecular formula is C25H24FN5OS. The van der Waals surface area contributed by atoms with E-state index >= 15 is 0 Å². The van der Waals surface area contributed by atoms with Crippen LogP contribution in [0.1, 0.15) is 18.3 Å². The van der Waals surface area contributed by atoms with Crippen molar-refractivity contribution in [3.63, 3.8) is 0 Å². The Bertz CT molecular complexity index is 1270. The van der Waals surface area contributed by atoms with Gasteiger partial charge in [0.25, 0.3) is 0 Å². The number of urea groups is 1. The fourth-order valence-electron chi connectivity index (χ4n) is 4.18. The van der Waals surface area contributed by atoms with Crippen molar-refractivity contribution in [1.29, 1.82) is 0 Å². The predicted octanol–water partition coefficient (Wildman–Crippen LogP) is 5.16. The van der Waals surface area contributed by atoms with E-state index in [0.29, 0.717) is 26.1 Å². The topological polar surface area (TPSA) is 61.4 Å². The van der Waals surface area contributed by atoms with E-state index in [1.807, 2.05) is 47.4 Å². The zero-order chi connectivity index (χ0) is 22.8. The van der Waals surface area contributed by atoms with E-state index in [-0.39, 0.29) is 17.9 Å². The van der Waals surface area contributed by atoms with Gasteiger partial charge in [0.15, 0.2) is 0 Å². The quantitative estimate of drug-likeness (QED) is 0.456. The Morgan fingerprint density at radius 3 is 2.70 bits per heavy atom. The Kier molecular flexibility index (Phi) is 5.92. The van der Waals surface area contributed by atoms with Crippen LogP contribution in [0.5, 0.6) is 0 Å². The van der Waals surface area contributed by atoms with Crippen LogP contribution in [-0.2, 0) is 6.42 Å². The Labute approximate surface area is 195 Å². The summed E-state index contributed by atoms with van der Waals surface area (Å²) >= 11 is 1.37. The van der Waals surface area contributed by atoms with Crippen molar-refractivity contribution in [3.8, 4) is 0 Å². The number of rotatable bonds is 4. The van der Waals surface area contributed by atoms with Gasteiger partial charge in [0.1, 0.15) is 11.6 Å². The molecule has 0 spiro atoms. The molecule has 0 aliphatic carbocycles. The third-order valence-corrected chi connectivity index (χ3v) is 6.74. The van der Waals surface area contributed by atoms with Gasteiger partial charge in [0, 0.05) is 49.0 Å². The molecule has 1 N–H and O–H groups in total. The molecule has 1 atom stereocenters. The minimum atomic E-state index is -0.248. The number of hydrogen-bond acceptors (Lipinski definition) is 5. The van der Waals surface area contributed by atoms with E-state index < -0.39 is 0 Å². The number of amides is 2. The molecule has 0 saturated carbocycles. The lowest BCUT2D eigenvalue weighted by atomic mass is 10.1. The number of benzene rings is 3. The number of carbonyl (C=O) groups is 1. The molecule has 1 aromatic heterocycles. The molecule has 8 heteroatoms. The molecular weight excluding hydrogens is 437 g/mol. The average Bonchev–Trinajstić information content (AvgIpc) is 3.29. The van der Waals surface area contributed by atoms with E-state index in [1.54, 1.807) is 12.1 Å². The Morgan fingerprint density at radius 2 is 1.88 bits per heavy atom. The number of nitrogens with one attached hydrogen (secondary N) is 1. The molecule has 1 aliphatic heterocycles. The highest BCUT2D eigenvalue weighted by Gasteiger charge is 2.29. The van der Waals surface area contributed by atoms with Crippen molar-refractivity contribution < 1.29 is 9.18 Å². The number of aromatic nitrogens is 2. The smallest absolute Gasteiger partial charge is 0.322 e. The van der Waals surface area contributed by atoms with Crippen LogP contribution < -0.4 is 10.2 Å². The first-order valence-electron chi connectivity index (χ1n) is 10.9. The Balaban J connectivity index is 1.22. The molecule has 0 radical (unpaired) electrons. The Hall–Kier alpha value is -3.52. The standard InChI is InChI=1S/C25H24FN5OS/c1-17-16-30(25-28-23(29-33-25)15-18-9-11-20(26)12-10-18)13-14-31(17)24(32)27-22-8-4-6-19-5-2-3-7-21(19)22/h2-12,17H,13-16H2,1H3,(H,27,32). The van der Waals surface area contributed by atoms with Crippen LogP contribution in [-0.4, -0.2) is 46.0 Å². The lowest BCUT2D eigenvalue weighted by Gasteiger charge is -2.39. The van der Waals surface area contributed by atoms with Gasteiger partial charge in [-0.1, -0.05) is 48.5 Å². The zero-order valence-corrected chi connectivity index (χ0v) is 19.1. The van der Waals surface area contributed by atoms with Gasteiger partial charge in [-0.2, -0.15) is 4.37 Å². The van der Waals surface area contributed by atoms with Crippen LogP contribution in [0.2, 0.25) is 0 Å². The molecule has 4 aromatic rings. The van der Waals surface area contributed by atoms with Gasteiger partial charge in [-0.3, -0.25) is 0 Å². The lowest BCUT2D eigenvalue weighted by molar-refractivity contribution is 0.185. The first kappa shape index (κ1) is 21.3. The number of nitrogens with zero attached hydrogens (tertiary/aromatic N) is 4. The van der Waals surface area contributed by atoms with Crippen LogP contribution in [0, 0.1) is 5.82 Å². The number of anilines is 2. The van der Waals surface area contributed by atoms with Gasteiger partial charge in [-0.25, -0.2) is 14.2 Å². The van der Waals surface area contributed by atoms with Crippen LogP contribution in [0.3, 0.4) is 0 Å². The third kappa shape index (κ3) is 4.66. The summed E-state index contributed by atoms with van der Waals surface area (Å²) in [6.45, 7) is 4.03. The molecule has 1 saturated heterocycles. The van der Waals surface area contributed by atoms with E-state index in [2.05, 4.69) is 26.5 Å². The maximum Gasteiger partial charge on any atom is 0.322 e. The fourth-order valence-corrected chi connectivity index (χ4v) is 4.90. The van der Waals surface area contributed by atoms with E-state index in [1.165, 1.54) is 23.7 Å². The molecule has 3 aromatic carbocycles. The van der Waals surface area contributed by atoms with Gasteiger partial charge in [-0.05, 0) is 36.1 Å². The summed E-state index contributed by atoms with van der Waals surface area (Å²) in [5.74, 6) is 0.479. The van der Waals surface area contributed by atoms with Gasteiger partial charge < -0.3 is 15.1 Å². The molecule has 1 unspecified atom stereocenters. The molecule has 168 valence electrons. The second-order valence-electron chi connectivity index (χ2n) is 8.24. The van der Waals surface area contributed by atoms with E-state index in [9.17, 15) is 9.18 Å². The van der Waals surface area contributed by atoms with Gasteiger partial charge >= 0.3 is 6.03 Å². The van der Waals surface area contributed by atoms with Crippen molar-refractivity contribution in [2.24, 2.45) is 0 Å². The van der Waals surface area contributed by atoms with Crippen LogP contribution in [0.15, 0.2) is 66.7 Å². The largest absolute Gasteiger partial charge is 0.343 e. The first-order chi connectivity index (χ1) is 16.1. The maximum atomic E-state index is 13.1. The highest BCUT2D eigenvalue weighted by atomic mass is 32.1. The molecule has 2 heterocycles. The normalized spacial score (nSPS) is 16.2. The SMILES string of the molecule is CC1CN(c2nc(Cc3ccc(F)cc3)ns2)CCN1C(=O)Nc1cccc2ccccc12. The van der Waals surface area contributed by atoms with Crippen molar-refractivity contribution in [2.75, 3.05) is 29.9 Å². The number of hydrogen-bond donors (Lipinski definition) is 1. The molecule has 5 rings (SSSR count). The molecule has 1 fully saturated rings. The van der Waals surface area contributed by atoms with Gasteiger partial charge in [-0.15, -0.1) is 0 Å². The average molecular weight is 462 g/mol. The number of fused-ring (bicyclic) bond motifs is 1. The van der Waals surface area contributed by atoms with Crippen molar-refractivity contribution in [1.82, 2.24) is 14.3 Å². The van der Waals surface area contributed by atoms with Crippen LogP contribution >= 0.6 is 11.5 Å². The third-order valence-electron chi connectivity index (χ3n) is 5.92. The minimum absolute atomic E-state index is 0.0261. The highest BCUT2D eigenvalue weighted by molar-refractivity contribution is 7.09. The summed E-state index contributed by atoms with van der Waals surface area (Å²) in [7, 11) is 0. The molecule has 6 nitrogen and oxygen atoms in total. The fraction of sp³-hybridized carbons (Fsp3) is 0.240. The van der Waals surface area contributed by atoms with Gasteiger partial charge in [0.05, 0.1) is 5.69 Å². The summed E-state index contributed by atoms with van der Waals surface area (Å²) in [5.41, 5.74) is 1.80. The molecule has 0 bridgehead atoms. The Morgan fingerprint density at radius 1 is 1.09 bits per heavy atom. The number of carbonyl (C=O) groups excluding carboxylic acids is 1. The van der Waals surface area contributed by atoms with Crippen molar-refractivity contribution in [2.45, 2.75) is 19.4 Å². The second kappa shape index (κ2) is 9.15. The van der Waals surface area contributed by atoms with Crippen molar-refractivity contribution >= 4 is 39.2 Å². The number of halogens is 1. The molecule has 2 amide bonds. The van der Waals surface area contributed by atoms with Crippen molar-refractivity contribution in [3.05, 3.63) is 83.9 Å². The second-order valence-corrected chi connectivity index (χ2v) is 8.97. The van der Waals surface area contributed by atoms with Crippen LogP contribution in [0.4, 0.5) is 20.0 Å². The molecule has 1 aliphatic rings. The number of piperazine rings is 1. The summed E-state index contributed by atoms with van der Waals surface area (Å²) < 4.78 is 17.6. The zero-order valence-electron chi connectivity index (χ0n) is 18.2. The maximum absolute atomic E-state index is 13.1. The summed E-state index contributed by atoms with van der Waals surface area (Å²) in [6.07, 6.45) is 0.569. The van der Waals surface area contributed by atoms with E-state index in [0.717, 1.165) is 33.0 Å². The first-order valence-corrected chi connectivity index (χ1v) is 11.7. The molecule has 33 heavy (non-hydrogen) atoms. The predicted molar refractivity (Wildman–Crippen MR) is 130 cm³/mol. The highest BCUT2D eigenvalue weighted by Crippen LogP contribution is 2.25. The monoisotopic (exact) mass is 461 g/mol. The van der Waals surface area contributed by atoms with E-state index in [4.69, 9.17) is 0 Å². The lowest BCUT2D eigenvalue weighted by Crippen LogP contribution is -2.55. The summed E-state index contributed by atoms with van der Waals surface area (Å²) in [4.78, 5) is 21.8. The minimum Gasteiger partial charge on any atom is -0.343 e. The summed E-state index contributed by atoms with van der Waals surface area (Å²) in [5, 5.41) is 6.07.